The molecule has 0 amide bonds. The Kier molecular flexibility index (Phi) is 7.45. The summed E-state index contributed by atoms with van der Waals surface area (Å²) in [5.74, 6) is 1.17. The molecule has 0 spiro atoms. The molecule has 2 aliphatic rings. The van der Waals surface area contributed by atoms with E-state index in [1.54, 1.807) is 6.07 Å². The smallest absolute Gasteiger partial charge is 0.406 e. The van der Waals surface area contributed by atoms with Gasteiger partial charge in [-0.3, -0.25) is 0 Å². The van der Waals surface area contributed by atoms with Crippen molar-refractivity contribution in [3.8, 4) is 16.9 Å². The Hall–Kier alpha value is -2.30. The second-order valence-electron chi connectivity index (χ2n) is 9.59. The van der Waals surface area contributed by atoms with Crippen LogP contribution in [0.2, 0.25) is 0 Å². The lowest BCUT2D eigenvalue weighted by atomic mass is 9.77. The van der Waals surface area contributed by atoms with Crippen molar-refractivity contribution >= 4 is 0 Å². The van der Waals surface area contributed by atoms with E-state index in [1.807, 2.05) is 6.07 Å². The zero-order valence-corrected chi connectivity index (χ0v) is 19.2. The van der Waals surface area contributed by atoms with Crippen molar-refractivity contribution < 1.29 is 22.3 Å². The highest BCUT2D eigenvalue weighted by molar-refractivity contribution is 5.67. The second kappa shape index (κ2) is 10.3. The summed E-state index contributed by atoms with van der Waals surface area (Å²) in [5, 5.41) is 0. The maximum atomic E-state index is 15.3. The molecule has 0 heterocycles. The van der Waals surface area contributed by atoms with Gasteiger partial charge in [-0.2, -0.15) is 0 Å². The van der Waals surface area contributed by atoms with Crippen LogP contribution in [0.3, 0.4) is 0 Å². The standard InChI is InChI=1S/C28H32F4O/c1-2-3-19-4-6-20(7-5-19)8-9-21-10-16-26-23(18-21)13-17-25(27(26)29)22-11-14-24(15-12-22)33-28(30,31)32/h10-15,17,19-20H,2-9,16,18H2,1H3. The molecule has 0 unspecified atom stereocenters. The molecule has 0 saturated heterocycles. The van der Waals surface area contributed by atoms with Crippen molar-refractivity contribution in [1.82, 2.24) is 0 Å². The van der Waals surface area contributed by atoms with Crippen molar-refractivity contribution in [3.63, 3.8) is 0 Å². The van der Waals surface area contributed by atoms with E-state index in [-0.39, 0.29) is 11.6 Å². The first-order chi connectivity index (χ1) is 15.8. The number of hydrogen-bond donors (Lipinski definition) is 0. The molecule has 1 saturated carbocycles. The van der Waals surface area contributed by atoms with Gasteiger partial charge in [-0.05, 0) is 66.3 Å². The number of allylic oxidation sites excluding steroid dienone is 2. The van der Waals surface area contributed by atoms with Crippen LogP contribution in [0, 0.1) is 17.7 Å². The van der Waals surface area contributed by atoms with Crippen LogP contribution in [0.15, 0.2) is 48.0 Å². The molecule has 2 aromatic carbocycles. The summed E-state index contributed by atoms with van der Waals surface area (Å²) in [4.78, 5) is 0. The van der Waals surface area contributed by atoms with Gasteiger partial charge in [0.05, 0.1) is 0 Å². The quantitative estimate of drug-likeness (QED) is 0.296. The molecule has 0 aromatic heterocycles. The summed E-state index contributed by atoms with van der Waals surface area (Å²) in [6, 6.07) is 9.07. The van der Waals surface area contributed by atoms with Gasteiger partial charge in [0.15, 0.2) is 0 Å². The summed E-state index contributed by atoms with van der Waals surface area (Å²) < 4.78 is 56.3. The Balaban J connectivity index is 1.36. The van der Waals surface area contributed by atoms with Gasteiger partial charge >= 0.3 is 6.36 Å². The van der Waals surface area contributed by atoms with Crippen LogP contribution in [-0.2, 0) is 12.8 Å². The van der Waals surface area contributed by atoms with E-state index in [1.165, 1.54) is 74.8 Å². The molecule has 0 bridgehead atoms. The van der Waals surface area contributed by atoms with E-state index in [0.717, 1.165) is 30.2 Å². The molecular weight excluding hydrogens is 428 g/mol. The topological polar surface area (TPSA) is 9.23 Å². The van der Waals surface area contributed by atoms with E-state index < -0.39 is 6.36 Å². The SMILES string of the molecule is CCCC1CCC(CCC2=CCc3c(ccc(-c4ccc(OC(F)(F)F)cc4)c3F)C2)CC1. The van der Waals surface area contributed by atoms with Crippen LogP contribution < -0.4 is 4.74 Å². The number of rotatable bonds is 7. The summed E-state index contributed by atoms with van der Waals surface area (Å²) >= 11 is 0. The summed E-state index contributed by atoms with van der Waals surface area (Å²) in [6.07, 6.45) is 9.22. The molecule has 33 heavy (non-hydrogen) atoms. The largest absolute Gasteiger partial charge is 0.573 e. The number of halogens is 4. The zero-order valence-electron chi connectivity index (χ0n) is 19.2. The fourth-order valence-corrected chi connectivity index (χ4v) is 5.47. The van der Waals surface area contributed by atoms with Crippen LogP contribution in [0.25, 0.3) is 11.1 Å². The first-order valence-electron chi connectivity index (χ1n) is 12.2. The van der Waals surface area contributed by atoms with E-state index in [0.29, 0.717) is 23.1 Å². The monoisotopic (exact) mass is 460 g/mol. The van der Waals surface area contributed by atoms with Crippen LogP contribution >= 0.6 is 0 Å². The minimum Gasteiger partial charge on any atom is -0.406 e. The normalized spacial score (nSPS) is 20.8. The van der Waals surface area contributed by atoms with Crippen molar-refractivity contribution in [2.24, 2.45) is 11.8 Å². The van der Waals surface area contributed by atoms with Crippen LogP contribution in [-0.4, -0.2) is 6.36 Å². The molecule has 0 atom stereocenters. The first-order valence-corrected chi connectivity index (χ1v) is 12.2. The number of fused-ring (bicyclic) bond motifs is 1. The molecule has 2 aromatic rings. The second-order valence-corrected chi connectivity index (χ2v) is 9.59. The summed E-state index contributed by atoms with van der Waals surface area (Å²) in [6.45, 7) is 2.27. The highest BCUT2D eigenvalue weighted by atomic mass is 19.4. The van der Waals surface area contributed by atoms with E-state index in [9.17, 15) is 13.2 Å². The zero-order chi connectivity index (χ0) is 23.4. The third-order valence-corrected chi connectivity index (χ3v) is 7.29. The predicted molar refractivity (Wildman–Crippen MR) is 124 cm³/mol. The number of benzene rings is 2. The Bertz CT molecular complexity index is 967. The van der Waals surface area contributed by atoms with Gasteiger partial charge in [-0.25, -0.2) is 4.39 Å². The average Bonchev–Trinajstić information content (AvgIpc) is 2.79. The number of hydrogen-bond acceptors (Lipinski definition) is 1. The van der Waals surface area contributed by atoms with Gasteiger partial charge in [0.2, 0.25) is 0 Å². The van der Waals surface area contributed by atoms with Crippen LogP contribution in [0.1, 0.15) is 69.4 Å². The van der Waals surface area contributed by atoms with Gasteiger partial charge in [0.1, 0.15) is 11.6 Å². The minimum atomic E-state index is -4.74. The fourth-order valence-electron chi connectivity index (χ4n) is 5.47. The lowest BCUT2D eigenvalue weighted by Crippen LogP contribution is -2.16. The number of ether oxygens (including phenoxy) is 1. The van der Waals surface area contributed by atoms with Crippen LogP contribution in [0.5, 0.6) is 5.75 Å². The molecule has 4 rings (SSSR count). The van der Waals surface area contributed by atoms with E-state index in [4.69, 9.17) is 0 Å². The molecule has 1 nitrogen and oxygen atoms in total. The Labute approximate surface area is 193 Å². The Morgan fingerprint density at radius 2 is 1.58 bits per heavy atom. The van der Waals surface area contributed by atoms with Gasteiger partial charge in [-0.1, -0.05) is 81.4 Å². The molecule has 178 valence electrons. The average molecular weight is 461 g/mol. The highest BCUT2D eigenvalue weighted by Gasteiger charge is 2.31. The fraction of sp³-hybridized carbons (Fsp3) is 0.500. The first kappa shape index (κ1) is 23.8. The molecule has 1 fully saturated rings. The van der Waals surface area contributed by atoms with E-state index >= 15 is 4.39 Å². The van der Waals surface area contributed by atoms with E-state index in [2.05, 4.69) is 17.7 Å². The van der Waals surface area contributed by atoms with Crippen molar-refractivity contribution in [3.05, 3.63) is 65.0 Å². The molecule has 2 aliphatic carbocycles. The molecule has 0 N–H and O–H groups in total. The van der Waals surface area contributed by atoms with Gasteiger partial charge in [-0.15, -0.1) is 13.2 Å². The lowest BCUT2D eigenvalue weighted by Gasteiger charge is -2.29. The Morgan fingerprint density at radius 1 is 0.909 bits per heavy atom. The van der Waals surface area contributed by atoms with Gasteiger partial charge in [0, 0.05) is 5.56 Å². The van der Waals surface area contributed by atoms with Crippen molar-refractivity contribution in [2.75, 3.05) is 0 Å². The molecule has 5 heteroatoms. The molecular formula is C28H32F4O. The van der Waals surface area contributed by atoms with Crippen molar-refractivity contribution in [2.45, 2.75) is 77.5 Å². The lowest BCUT2D eigenvalue weighted by molar-refractivity contribution is -0.274. The third kappa shape index (κ3) is 6.18. The van der Waals surface area contributed by atoms with Crippen LogP contribution in [0.4, 0.5) is 17.6 Å². The number of alkyl halides is 3. The maximum absolute atomic E-state index is 15.3. The Morgan fingerprint density at radius 3 is 2.21 bits per heavy atom. The minimum absolute atomic E-state index is 0.276. The molecule has 0 aliphatic heterocycles. The van der Waals surface area contributed by atoms with Crippen molar-refractivity contribution in [1.29, 1.82) is 0 Å². The third-order valence-electron chi connectivity index (χ3n) is 7.29. The van der Waals surface area contributed by atoms with Gasteiger partial charge < -0.3 is 4.74 Å². The predicted octanol–water partition coefficient (Wildman–Crippen LogP) is 8.80. The van der Waals surface area contributed by atoms with Gasteiger partial charge in [0.25, 0.3) is 0 Å². The maximum Gasteiger partial charge on any atom is 0.573 e. The summed E-state index contributed by atoms with van der Waals surface area (Å²) in [5.41, 5.74) is 4.08. The molecule has 0 radical (unpaired) electrons. The summed E-state index contributed by atoms with van der Waals surface area (Å²) in [7, 11) is 0. The highest BCUT2D eigenvalue weighted by Crippen LogP contribution is 2.37.